The number of hydrogen-bond donors (Lipinski definition) is 14. The van der Waals surface area contributed by atoms with E-state index in [-0.39, 0.29) is 39.4 Å². The highest BCUT2D eigenvalue weighted by atomic mass is 16.8. The van der Waals surface area contributed by atoms with Crippen molar-refractivity contribution in [2.45, 2.75) is 242 Å². The molecule has 0 amide bonds. The Balaban J connectivity index is 1.00. The number of aliphatic hydroxyl groups is 13. The predicted molar refractivity (Wildman–Crippen MR) is 263 cm³/mol. The van der Waals surface area contributed by atoms with Gasteiger partial charge in [0.25, 0.3) is 0 Å². The number of carboxylic acids is 1. The molecule has 0 aromatic heterocycles. The van der Waals surface area contributed by atoms with Gasteiger partial charge in [0, 0.05) is 0 Å². The summed E-state index contributed by atoms with van der Waals surface area (Å²) in [6.45, 7) is 13.2. The number of rotatable bonds is 12. The molecule has 8 fully saturated rings. The van der Waals surface area contributed by atoms with Gasteiger partial charge < -0.3 is 109 Å². The molecule has 9 aliphatic rings. The van der Waals surface area contributed by atoms with Crippen LogP contribution in [0.4, 0.5) is 0 Å². The molecule has 1 unspecified atom stereocenters. The lowest BCUT2D eigenvalue weighted by Gasteiger charge is -2.71. The second-order valence-electron chi connectivity index (χ2n) is 26.3. The SMILES string of the molecule is CC1(C)CC[C@]2(C(=O)O[C@@H]3O[C@H](CO)[C@@H](O)[C@H](O)[C@H]3O)CC[C@]3(C)C(=CC[C@@H]4[C@@]5(C)CC[C@H](O[C@@H]6O[C@H](C(=O)O)[C@@H](O)[C@H](O[C@@H]7O[C@H](CO)[C@@H](O)[C@H](O)[C@H]7O)[C@H]6O[C@@H]6O[C@H](CO)[C@H](O)[C@H](O)[C@H]6O)C(C)(C)C5CC[C@]43C)[C@@H]2C1. The van der Waals surface area contributed by atoms with Gasteiger partial charge in [0.2, 0.25) is 6.29 Å². The average molecular weight is 1120 g/mol. The van der Waals surface area contributed by atoms with Crippen molar-refractivity contribution >= 4 is 11.9 Å². The number of carbonyl (C=O) groups excluding carboxylic acids is 1. The third-order valence-electron chi connectivity index (χ3n) is 21.4. The van der Waals surface area contributed by atoms with E-state index in [9.17, 15) is 81.1 Å². The fourth-order valence-electron chi connectivity index (χ4n) is 16.5. The Morgan fingerprint density at radius 3 is 1.60 bits per heavy atom. The smallest absolute Gasteiger partial charge is 0.335 e. The molecule has 0 spiro atoms. The average Bonchev–Trinajstić information content (AvgIpc) is 3.56. The number of ether oxygens (including phenoxy) is 8. The van der Waals surface area contributed by atoms with Crippen molar-refractivity contribution in [1.82, 2.24) is 0 Å². The molecule has 4 aliphatic heterocycles. The van der Waals surface area contributed by atoms with Crippen LogP contribution in [0.1, 0.15) is 113 Å². The summed E-state index contributed by atoms with van der Waals surface area (Å²) < 4.78 is 48.2. The van der Waals surface area contributed by atoms with E-state index in [0.29, 0.717) is 44.9 Å². The van der Waals surface area contributed by atoms with E-state index < -0.39 is 172 Å². The van der Waals surface area contributed by atoms with Crippen LogP contribution in [0.5, 0.6) is 0 Å². The Hall–Kier alpha value is -2.12. The molecule has 0 aromatic carbocycles. The van der Waals surface area contributed by atoms with Crippen LogP contribution in [0.3, 0.4) is 0 Å². The van der Waals surface area contributed by atoms with Gasteiger partial charge in [-0.3, -0.25) is 4.79 Å². The highest BCUT2D eigenvalue weighted by Crippen LogP contribution is 2.76. The van der Waals surface area contributed by atoms with Crippen LogP contribution in [0.2, 0.25) is 0 Å². The predicted octanol–water partition coefficient (Wildman–Crippen LogP) is -1.94. The molecule has 0 radical (unpaired) electrons. The Morgan fingerprint density at radius 2 is 1.06 bits per heavy atom. The molecule has 24 nitrogen and oxygen atoms in total. The number of hydrogen-bond acceptors (Lipinski definition) is 23. The van der Waals surface area contributed by atoms with Gasteiger partial charge in [-0.1, -0.05) is 60.1 Å². The summed E-state index contributed by atoms with van der Waals surface area (Å²) in [7, 11) is 0. The van der Waals surface area contributed by atoms with Crippen molar-refractivity contribution in [2.75, 3.05) is 19.8 Å². The van der Waals surface area contributed by atoms with Gasteiger partial charge in [-0.2, -0.15) is 0 Å². The van der Waals surface area contributed by atoms with E-state index >= 15 is 0 Å². The zero-order valence-electron chi connectivity index (χ0n) is 45.5. The van der Waals surface area contributed by atoms with Gasteiger partial charge in [-0.15, -0.1) is 0 Å². The first kappa shape index (κ1) is 60.5. The summed E-state index contributed by atoms with van der Waals surface area (Å²) in [5.41, 5.74) is -1.57. The normalized spacial score (nSPS) is 52.8. The highest BCUT2D eigenvalue weighted by molar-refractivity contribution is 5.79. The number of aliphatic hydroxyl groups excluding tert-OH is 13. The largest absolute Gasteiger partial charge is 0.479 e. The molecular formula is C54H86O24. The van der Waals surface area contributed by atoms with Crippen molar-refractivity contribution in [3.05, 3.63) is 11.6 Å². The minimum Gasteiger partial charge on any atom is -0.479 e. The van der Waals surface area contributed by atoms with Gasteiger partial charge in [0.05, 0.1) is 31.3 Å². The standard InChI is InChI=1S/C54H86O24/c1-49(2)14-16-54(48(70)78-46-38(66)35(63)32(60)26(21-57)73-46)17-15-52(6)22(23(54)18-49)8-9-28-51(5)12-11-29(50(3,4)27(51)10-13-53(28,52)7)74-47-42(77-45-37(65)34(62)31(59)25(20-56)72-45)40(39(67)41(76-47)43(68)69)75-44-36(64)33(61)30(58)24(19-55)71-44/h8,23-42,44-47,55-67H,9-21H2,1-7H3,(H,68,69)/t23-,24+,25+,26+,27?,28+,29-,30+,31-,32+,33-,34-,35-,36+,37+,38+,39-,40-,41-,42+,44-,45-,46-,47+,51-,52+,53+,54-/m0/s1. The van der Waals surface area contributed by atoms with Gasteiger partial charge in [0.1, 0.15) is 91.6 Å². The summed E-state index contributed by atoms with van der Waals surface area (Å²) in [6, 6.07) is 0. The molecular weight excluding hydrogens is 1030 g/mol. The zero-order valence-corrected chi connectivity index (χ0v) is 45.5. The Bertz CT molecular complexity index is 2190. The first-order valence-electron chi connectivity index (χ1n) is 27.8. The molecule has 0 aromatic rings. The van der Waals surface area contributed by atoms with Crippen molar-refractivity contribution in [3.8, 4) is 0 Å². The number of carbonyl (C=O) groups is 2. The van der Waals surface area contributed by atoms with Gasteiger partial charge in [0.15, 0.2) is 25.0 Å². The Labute approximate surface area is 453 Å². The molecule has 24 heteroatoms. The quantitative estimate of drug-likeness (QED) is 0.0574. The van der Waals surface area contributed by atoms with E-state index in [1.54, 1.807) is 0 Å². The maximum Gasteiger partial charge on any atom is 0.335 e. The molecule has 4 saturated heterocycles. The third kappa shape index (κ3) is 9.72. The summed E-state index contributed by atoms with van der Waals surface area (Å²) in [5, 5.41) is 149. The number of fused-ring (bicyclic) bond motifs is 7. The molecule has 446 valence electrons. The second-order valence-corrected chi connectivity index (χ2v) is 26.3. The third-order valence-corrected chi connectivity index (χ3v) is 21.4. The molecule has 14 N–H and O–H groups in total. The minimum absolute atomic E-state index is 0.0272. The Kier molecular flexibility index (Phi) is 16.9. The van der Waals surface area contributed by atoms with E-state index in [1.807, 2.05) is 0 Å². The van der Waals surface area contributed by atoms with E-state index in [2.05, 4.69) is 54.5 Å². The molecule has 9 rings (SSSR count). The van der Waals surface area contributed by atoms with Crippen LogP contribution in [-0.4, -0.2) is 232 Å². The minimum atomic E-state index is -2.16. The van der Waals surface area contributed by atoms with Crippen LogP contribution in [0.15, 0.2) is 11.6 Å². The molecule has 28 atom stereocenters. The number of allylic oxidation sites excluding steroid dienone is 2. The van der Waals surface area contributed by atoms with Crippen molar-refractivity contribution in [2.24, 2.45) is 50.2 Å². The maximum atomic E-state index is 14.8. The van der Waals surface area contributed by atoms with Crippen LogP contribution in [0, 0.1) is 50.2 Å². The summed E-state index contributed by atoms with van der Waals surface area (Å²) >= 11 is 0. The van der Waals surface area contributed by atoms with E-state index in [0.717, 1.165) is 19.3 Å². The van der Waals surface area contributed by atoms with Gasteiger partial charge >= 0.3 is 11.9 Å². The second kappa shape index (κ2) is 21.8. The highest BCUT2D eigenvalue weighted by Gasteiger charge is 2.70. The molecule has 4 saturated carbocycles. The monoisotopic (exact) mass is 1120 g/mol. The number of aliphatic carboxylic acids is 1. The Morgan fingerprint density at radius 1 is 0.551 bits per heavy atom. The summed E-state index contributed by atoms with van der Waals surface area (Å²) in [4.78, 5) is 27.7. The van der Waals surface area contributed by atoms with Crippen LogP contribution in [-0.2, 0) is 47.5 Å². The van der Waals surface area contributed by atoms with Crippen LogP contribution >= 0.6 is 0 Å². The summed E-state index contributed by atoms with van der Waals surface area (Å²) in [6.07, 6.45) is -28.0. The van der Waals surface area contributed by atoms with Crippen molar-refractivity contribution in [3.63, 3.8) is 0 Å². The maximum absolute atomic E-state index is 14.8. The lowest BCUT2D eigenvalue weighted by molar-refractivity contribution is -0.396. The molecule has 5 aliphatic carbocycles. The van der Waals surface area contributed by atoms with Gasteiger partial charge in [-0.05, 0) is 109 Å². The summed E-state index contributed by atoms with van der Waals surface area (Å²) in [5.74, 6) is -2.33. The number of carboxylic acid groups (broad SMARTS) is 1. The van der Waals surface area contributed by atoms with E-state index in [4.69, 9.17) is 37.9 Å². The van der Waals surface area contributed by atoms with Crippen LogP contribution in [0.25, 0.3) is 0 Å². The van der Waals surface area contributed by atoms with Crippen molar-refractivity contribution < 1.29 is 119 Å². The molecule has 4 heterocycles. The topological polar surface area (TPSA) is 391 Å². The molecule has 0 bridgehead atoms. The fraction of sp³-hybridized carbons (Fsp3) is 0.926. The van der Waals surface area contributed by atoms with Gasteiger partial charge in [-0.25, -0.2) is 4.79 Å². The fourth-order valence-corrected chi connectivity index (χ4v) is 16.5. The van der Waals surface area contributed by atoms with Crippen LogP contribution < -0.4 is 0 Å². The first-order chi connectivity index (χ1) is 36.5. The lowest BCUT2D eigenvalue weighted by Crippen LogP contribution is -2.68. The van der Waals surface area contributed by atoms with E-state index in [1.165, 1.54) is 5.57 Å². The number of esters is 1. The zero-order chi connectivity index (χ0) is 57.1. The van der Waals surface area contributed by atoms with Crippen molar-refractivity contribution in [1.29, 1.82) is 0 Å². The molecule has 78 heavy (non-hydrogen) atoms. The first-order valence-corrected chi connectivity index (χ1v) is 27.8. The lowest BCUT2D eigenvalue weighted by atomic mass is 9.33.